The smallest absolute Gasteiger partial charge is 0 e. The molecule has 2 N–H and O–H groups in total. The summed E-state index contributed by atoms with van der Waals surface area (Å²) in [5.41, 5.74) is 0. The molecule has 0 aromatic carbocycles. The van der Waals surface area contributed by atoms with Crippen LogP contribution in [0.1, 0.15) is 0 Å². The van der Waals surface area contributed by atoms with E-state index in [1.54, 1.807) is 0 Å². The van der Waals surface area contributed by atoms with Gasteiger partial charge in [0.15, 0.2) is 0 Å². The Balaban J connectivity index is -0.0000000800. The van der Waals surface area contributed by atoms with Crippen LogP contribution in [-0.4, -0.2) is 68.9 Å². The SMILES string of the molecule is O=S(=O)(O)O.[KH].[La]. The molecule has 0 saturated heterocycles. The number of hydrogen-bond acceptors (Lipinski definition) is 2. The maximum atomic E-state index is 8.74. The average molecular weight is 277 g/mol. The Hall–Kier alpha value is 2.70. The van der Waals surface area contributed by atoms with Crippen molar-refractivity contribution in [2.24, 2.45) is 0 Å². The molecule has 0 bridgehead atoms. The topological polar surface area (TPSA) is 74.6 Å². The molecule has 0 atom stereocenters. The third-order valence-corrected chi connectivity index (χ3v) is 0. The van der Waals surface area contributed by atoms with E-state index in [-0.39, 0.29) is 87.0 Å². The van der Waals surface area contributed by atoms with E-state index in [0.29, 0.717) is 0 Å². The molecule has 0 aliphatic rings. The van der Waals surface area contributed by atoms with Crippen molar-refractivity contribution in [1.29, 1.82) is 0 Å². The van der Waals surface area contributed by atoms with Crippen LogP contribution < -0.4 is 0 Å². The van der Waals surface area contributed by atoms with Gasteiger partial charge in [0, 0.05) is 35.6 Å². The maximum absolute atomic E-state index is 8.74. The van der Waals surface area contributed by atoms with Gasteiger partial charge in [-0.05, 0) is 0 Å². The molecule has 0 fully saturated rings. The fourth-order valence-corrected chi connectivity index (χ4v) is 0. The molecule has 0 rings (SSSR count). The van der Waals surface area contributed by atoms with Crippen LogP contribution in [0, 0.1) is 35.6 Å². The molecule has 0 aromatic heterocycles. The summed E-state index contributed by atoms with van der Waals surface area (Å²) in [5, 5.41) is 0. The van der Waals surface area contributed by atoms with Crippen LogP contribution in [0.5, 0.6) is 0 Å². The van der Waals surface area contributed by atoms with Crippen LogP contribution >= 0.6 is 0 Å². The van der Waals surface area contributed by atoms with Gasteiger partial charge in [0.05, 0.1) is 0 Å². The fourth-order valence-electron chi connectivity index (χ4n) is 0. The van der Waals surface area contributed by atoms with Crippen LogP contribution in [0.25, 0.3) is 0 Å². The largest absolute Gasteiger partial charge is 0 e. The van der Waals surface area contributed by atoms with Gasteiger partial charge in [-0.25, -0.2) is 0 Å². The molecule has 0 saturated carbocycles. The zero-order valence-electron chi connectivity index (χ0n) is 2.70. The van der Waals surface area contributed by atoms with Gasteiger partial charge in [0.1, 0.15) is 0 Å². The van der Waals surface area contributed by atoms with Crippen LogP contribution in [0.4, 0.5) is 0 Å². The van der Waals surface area contributed by atoms with Gasteiger partial charge in [0.25, 0.3) is 0 Å². The van der Waals surface area contributed by atoms with E-state index >= 15 is 0 Å². The average Bonchev–Trinajstić information content (AvgIpc) is 0.722. The Bertz CT molecular complexity index is 94.9. The van der Waals surface area contributed by atoms with E-state index in [2.05, 4.69) is 0 Å². The molecule has 4 nitrogen and oxygen atoms in total. The molecular formula is H3KLaO4S. The van der Waals surface area contributed by atoms with Crippen molar-refractivity contribution in [2.75, 3.05) is 0 Å². The van der Waals surface area contributed by atoms with Crippen LogP contribution in [0.3, 0.4) is 0 Å². The Labute approximate surface area is 112 Å². The van der Waals surface area contributed by atoms with E-state index in [0.717, 1.165) is 0 Å². The van der Waals surface area contributed by atoms with Crippen LogP contribution in [0.2, 0.25) is 0 Å². The third kappa shape index (κ3) is 53.6. The maximum Gasteiger partial charge on any atom is 0 e. The zero-order chi connectivity index (χ0) is 4.50. The van der Waals surface area contributed by atoms with Gasteiger partial charge in [-0.15, -0.1) is 0 Å². The fraction of sp³-hybridized carbons (Fsp3) is 0. The van der Waals surface area contributed by atoms with Crippen molar-refractivity contribution in [3.05, 3.63) is 0 Å². The third-order valence-electron chi connectivity index (χ3n) is 0. The second kappa shape index (κ2) is 6.82. The summed E-state index contributed by atoms with van der Waals surface area (Å²) in [6.07, 6.45) is 0. The Morgan fingerprint density at radius 3 is 1.14 bits per heavy atom. The first-order valence-corrected chi connectivity index (χ1v) is 2.10. The van der Waals surface area contributed by atoms with Crippen molar-refractivity contribution in [3.8, 4) is 0 Å². The first kappa shape index (κ1) is 16.4. The minimum Gasteiger partial charge on any atom is 0 e. The van der Waals surface area contributed by atoms with Crippen molar-refractivity contribution in [3.63, 3.8) is 0 Å². The molecule has 0 aromatic rings. The number of hydrogen-bond donors (Lipinski definition) is 2. The van der Waals surface area contributed by atoms with Gasteiger partial charge in [-0.3, -0.25) is 9.11 Å². The second-order valence-corrected chi connectivity index (χ2v) is 1.34. The van der Waals surface area contributed by atoms with Crippen molar-refractivity contribution in [2.45, 2.75) is 0 Å². The molecule has 1 radical (unpaired) electrons. The van der Waals surface area contributed by atoms with Gasteiger partial charge in [-0.1, -0.05) is 0 Å². The summed E-state index contributed by atoms with van der Waals surface area (Å²) in [7, 11) is -4.67. The molecule has 0 amide bonds. The normalized spacial score (nSPS) is 8.29. The van der Waals surface area contributed by atoms with Crippen LogP contribution in [0.15, 0.2) is 0 Å². The van der Waals surface area contributed by atoms with Gasteiger partial charge >= 0.3 is 61.8 Å². The molecular weight excluding hydrogens is 274 g/mol. The van der Waals surface area contributed by atoms with Gasteiger partial charge < -0.3 is 0 Å². The summed E-state index contributed by atoms with van der Waals surface area (Å²) in [6.45, 7) is 0. The zero-order valence-corrected chi connectivity index (χ0v) is 7.14. The number of rotatable bonds is 0. The molecule has 0 heterocycles. The monoisotopic (exact) mass is 277 g/mol. The summed E-state index contributed by atoms with van der Waals surface area (Å²) < 4.78 is 31.6. The predicted octanol–water partition coefficient (Wildman–Crippen LogP) is -1.30. The van der Waals surface area contributed by atoms with Gasteiger partial charge in [0.2, 0.25) is 0 Å². The first-order chi connectivity index (χ1) is 2.00. The minimum absolute atomic E-state index is 0. The predicted molar refractivity (Wildman–Crippen MR) is 21.3 cm³/mol. The van der Waals surface area contributed by atoms with E-state index in [4.69, 9.17) is 17.5 Å². The molecule has 0 spiro atoms. The molecule has 0 aliphatic carbocycles. The van der Waals surface area contributed by atoms with E-state index < -0.39 is 10.4 Å². The van der Waals surface area contributed by atoms with Crippen molar-refractivity contribution in [1.82, 2.24) is 0 Å². The summed E-state index contributed by atoms with van der Waals surface area (Å²) in [5.74, 6) is 0. The molecule has 0 unspecified atom stereocenters. The Kier molecular flexibility index (Phi) is 15.9. The summed E-state index contributed by atoms with van der Waals surface area (Å²) in [4.78, 5) is 0. The molecule has 7 heteroatoms. The minimum atomic E-state index is -4.67. The molecule has 7 heavy (non-hydrogen) atoms. The summed E-state index contributed by atoms with van der Waals surface area (Å²) in [6, 6.07) is 0. The quantitative estimate of drug-likeness (QED) is 0.426. The standard InChI is InChI=1S/K.La.H2O4S.H/c;;1-5(2,3)4;/h;;(H2,1,2,3,4);. The van der Waals surface area contributed by atoms with Crippen LogP contribution in [-0.2, 0) is 10.4 Å². The van der Waals surface area contributed by atoms with E-state index in [1.165, 1.54) is 0 Å². The van der Waals surface area contributed by atoms with Crippen molar-refractivity contribution < 1.29 is 53.1 Å². The summed E-state index contributed by atoms with van der Waals surface area (Å²) >= 11 is 0. The second-order valence-electron chi connectivity index (χ2n) is 0.448. The molecule has 37 valence electrons. The van der Waals surface area contributed by atoms with E-state index in [1.807, 2.05) is 0 Å². The van der Waals surface area contributed by atoms with Gasteiger partial charge in [-0.2, -0.15) is 8.42 Å². The Morgan fingerprint density at radius 1 is 1.14 bits per heavy atom. The van der Waals surface area contributed by atoms with E-state index in [9.17, 15) is 0 Å². The first-order valence-electron chi connectivity index (χ1n) is 0.698. The van der Waals surface area contributed by atoms with Crippen molar-refractivity contribution >= 4 is 61.8 Å². The molecule has 0 aliphatic heterocycles. The Morgan fingerprint density at radius 2 is 1.14 bits per heavy atom.